The molecule has 2 aromatic rings. The fraction of sp³-hybridized carbons (Fsp3) is 0.698. The monoisotopic (exact) mass is 759 g/mol. The van der Waals surface area contributed by atoms with Crippen molar-refractivity contribution in [2.45, 2.75) is 119 Å². The van der Waals surface area contributed by atoms with Crippen LogP contribution in [0, 0.1) is 42.4 Å². The molecule has 3 aliphatic heterocycles. The number of rotatable bonds is 8. The highest BCUT2D eigenvalue weighted by atomic mass is 16.7. The molecule has 3 fully saturated rings. The zero-order valence-corrected chi connectivity index (χ0v) is 36.4. The number of ether oxygens (including phenoxy) is 5. The van der Waals surface area contributed by atoms with Crippen molar-refractivity contribution in [3.05, 3.63) is 66.1 Å². The summed E-state index contributed by atoms with van der Waals surface area (Å²) < 4.78 is 26.7. The Balaban J connectivity index is 0.000000346. The number of nitrogens with one attached hydrogen (secondary N) is 1. The molecule has 4 heterocycles. The maximum atomic E-state index is 11.8. The lowest BCUT2D eigenvalue weighted by Crippen LogP contribution is -2.30. The predicted octanol–water partition coefficient (Wildman–Crippen LogP) is 7.59. The molecule has 54 heavy (non-hydrogen) atoms. The van der Waals surface area contributed by atoms with Crippen molar-refractivity contribution in [2.75, 3.05) is 42.4 Å². The highest BCUT2D eigenvalue weighted by Crippen LogP contribution is 2.40. The summed E-state index contributed by atoms with van der Waals surface area (Å²) in [4.78, 5) is 26.5. The molecule has 12 atom stereocenters. The van der Waals surface area contributed by atoms with Gasteiger partial charge in [0, 0.05) is 40.7 Å². The van der Waals surface area contributed by atoms with Crippen molar-refractivity contribution in [2.24, 2.45) is 35.5 Å². The van der Waals surface area contributed by atoms with Gasteiger partial charge in [0.25, 0.3) is 0 Å². The molecule has 5 rings (SSSR count). The third kappa shape index (κ3) is 15.7. The first-order valence-electron chi connectivity index (χ1n) is 19.4. The summed E-state index contributed by atoms with van der Waals surface area (Å²) in [5.41, 5.74) is 2.42. The fourth-order valence-corrected chi connectivity index (χ4v) is 6.49. The molecule has 3 aliphatic rings. The lowest BCUT2D eigenvalue weighted by molar-refractivity contribution is -0.179. The highest BCUT2D eigenvalue weighted by molar-refractivity contribution is 5.93. The van der Waals surface area contributed by atoms with Crippen LogP contribution >= 0.6 is 0 Å². The van der Waals surface area contributed by atoms with E-state index in [0.717, 1.165) is 5.69 Å². The van der Waals surface area contributed by atoms with Gasteiger partial charge in [0.2, 0.25) is 6.41 Å². The molecule has 1 aromatic carbocycles. The van der Waals surface area contributed by atoms with Crippen LogP contribution in [-0.2, 0) is 33.3 Å². The molecule has 0 aliphatic carbocycles. The van der Waals surface area contributed by atoms with Crippen molar-refractivity contribution in [1.82, 2.24) is 20.0 Å². The molecule has 0 spiro atoms. The SMILES string of the molecule is CC(=O)[C@H]1O[C@@H](C)[C@H](C)[C@@H]1C.COC(OC)N(C)C.C[C@@H]1[C@H](C)[C@@H](C(=O)/C=C\N(C)C)O[C@H]1C.C[C@@H]1[C@H](C)[C@@H](c2ccn[nH]2)O[C@H]1C.Cc1ccccc1. The molecule has 308 valence electrons. The Morgan fingerprint density at radius 3 is 1.48 bits per heavy atom. The van der Waals surface area contributed by atoms with Gasteiger partial charge in [0.1, 0.15) is 18.3 Å². The summed E-state index contributed by atoms with van der Waals surface area (Å²) >= 11 is 0. The van der Waals surface area contributed by atoms with E-state index in [-0.39, 0.29) is 48.5 Å². The minimum absolute atomic E-state index is 0.0763. The minimum Gasteiger partial charge on any atom is -0.383 e. The molecular formula is C43H74N4O7. The average Bonchev–Trinajstić information content (AvgIpc) is 3.88. The predicted molar refractivity (Wildman–Crippen MR) is 217 cm³/mol. The van der Waals surface area contributed by atoms with Gasteiger partial charge in [-0.1, -0.05) is 77.4 Å². The second-order valence-electron chi connectivity index (χ2n) is 15.6. The van der Waals surface area contributed by atoms with Gasteiger partial charge in [-0.15, -0.1) is 0 Å². The minimum atomic E-state index is -0.258. The Labute approximate surface area is 327 Å². The molecule has 11 heteroatoms. The fourth-order valence-electron chi connectivity index (χ4n) is 6.49. The number of Topliss-reactive ketones (excluding diaryl/α,β-unsaturated/α-hetero) is 1. The molecular weight excluding hydrogens is 684 g/mol. The summed E-state index contributed by atoms with van der Waals surface area (Å²) in [6, 6.07) is 12.3. The van der Waals surface area contributed by atoms with E-state index >= 15 is 0 Å². The van der Waals surface area contributed by atoms with Gasteiger partial charge in [0.05, 0.1) is 24.0 Å². The molecule has 0 bridgehead atoms. The van der Waals surface area contributed by atoms with Crippen molar-refractivity contribution < 1.29 is 33.3 Å². The van der Waals surface area contributed by atoms with Crippen LogP contribution < -0.4 is 0 Å². The van der Waals surface area contributed by atoms with Crippen molar-refractivity contribution >= 4 is 11.6 Å². The smallest absolute Gasteiger partial charge is 0.217 e. The number of carbonyl (C=O) groups excluding carboxylic acids is 2. The van der Waals surface area contributed by atoms with Gasteiger partial charge in [-0.3, -0.25) is 19.6 Å². The van der Waals surface area contributed by atoms with E-state index in [4.69, 9.17) is 23.7 Å². The molecule has 0 amide bonds. The number of methoxy groups -OCH3 is 2. The number of hydrogen-bond donors (Lipinski definition) is 1. The largest absolute Gasteiger partial charge is 0.383 e. The average molecular weight is 759 g/mol. The summed E-state index contributed by atoms with van der Waals surface area (Å²) in [6.07, 6.45) is 5.49. The number of H-pyrrole nitrogens is 1. The number of ketones is 2. The number of aromatic nitrogens is 2. The van der Waals surface area contributed by atoms with Crippen molar-refractivity contribution in [3.8, 4) is 0 Å². The van der Waals surface area contributed by atoms with Gasteiger partial charge >= 0.3 is 0 Å². The third-order valence-electron chi connectivity index (χ3n) is 11.0. The molecule has 1 aromatic heterocycles. The second kappa shape index (κ2) is 24.6. The van der Waals surface area contributed by atoms with Crippen LogP contribution in [0.15, 0.2) is 54.9 Å². The second-order valence-corrected chi connectivity index (χ2v) is 15.6. The Hall–Kier alpha value is -2.93. The third-order valence-corrected chi connectivity index (χ3v) is 11.0. The van der Waals surface area contributed by atoms with Crippen LogP contribution in [0.1, 0.15) is 86.6 Å². The number of nitrogens with zero attached hydrogens (tertiary/aromatic N) is 3. The molecule has 0 unspecified atom stereocenters. The first kappa shape index (κ1) is 49.1. The number of hydrogen-bond acceptors (Lipinski definition) is 10. The van der Waals surface area contributed by atoms with Crippen molar-refractivity contribution in [1.29, 1.82) is 0 Å². The summed E-state index contributed by atoms with van der Waals surface area (Å²) in [5.74, 6) is 3.06. The lowest BCUT2D eigenvalue weighted by Gasteiger charge is -2.19. The van der Waals surface area contributed by atoms with Gasteiger partial charge in [-0.05, 0) is 96.4 Å². The van der Waals surface area contributed by atoms with E-state index in [1.165, 1.54) is 5.56 Å². The van der Waals surface area contributed by atoms with Crippen LogP contribution in [0.4, 0.5) is 0 Å². The summed E-state index contributed by atoms with van der Waals surface area (Å²) in [6.45, 7) is 22.8. The van der Waals surface area contributed by atoms with Gasteiger partial charge in [-0.2, -0.15) is 5.10 Å². The van der Waals surface area contributed by atoms with E-state index in [1.54, 1.807) is 39.6 Å². The van der Waals surface area contributed by atoms with Crippen LogP contribution in [0.3, 0.4) is 0 Å². The standard InChI is InChI=1S/C12H21NO2.C10H16N2O.C9H16O2.C7H8.C5H13NO2/c1-8-9(2)12(15-10(8)3)11(14)6-7-13(4)5;1-6-7(2)10(13-8(6)3)9-4-5-11-12-9;1-5-6(2)9(7(3)10)11-8(5)4;1-7-5-3-2-4-6-7;1-6(2)5(7-3)8-4/h6-10,12H,1-5H3;4-8,10H,1-3H3,(H,11,12);5-6,8-9H,1-4H3;2-6H,1H3;5H,1-4H3/b7-6-;;;;/t8-,9+,10+,12+;6-,7+,8+,10+;5-,6+,8+,9+;;/m111../s1. The van der Waals surface area contributed by atoms with E-state index in [1.807, 2.05) is 76.1 Å². The number of aromatic amines is 1. The van der Waals surface area contributed by atoms with Crippen LogP contribution in [0.25, 0.3) is 0 Å². The number of benzene rings is 1. The zero-order chi connectivity index (χ0) is 41.3. The highest BCUT2D eigenvalue weighted by Gasteiger charge is 2.40. The van der Waals surface area contributed by atoms with Gasteiger partial charge in [-0.25, -0.2) is 0 Å². The maximum absolute atomic E-state index is 11.8. The summed E-state index contributed by atoms with van der Waals surface area (Å²) in [7, 11) is 10.8. The summed E-state index contributed by atoms with van der Waals surface area (Å²) in [5, 5.41) is 6.92. The lowest BCUT2D eigenvalue weighted by atomic mass is 9.89. The molecule has 11 nitrogen and oxygen atoms in total. The van der Waals surface area contributed by atoms with Crippen molar-refractivity contribution in [3.63, 3.8) is 0 Å². The quantitative estimate of drug-likeness (QED) is 0.213. The first-order chi connectivity index (χ1) is 25.3. The maximum Gasteiger partial charge on any atom is 0.217 e. The zero-order valence-electron chi connectivity index (χ0n) is 36.4. The molecule has 3 saturated heterocycles. The Bertz CT molecular complexity index is 1330. The van der Waals surface area contributed by atoms with Crippen LogP contribution in [0.2, 0.25) is 0 Å². The van der Waals surface area contributed by atoms with Crippen LogP contribution in [0.5, 0.6) is 0 Å². The molecule has 1 N–H and O–H groups in total. The normalized spacial score (nSPS) is 31.4. The first-order valence-corrected chi connectivity index (χ1v) is 19.4. The van der Waals surface area contributed by atoms with Gasteiger partial charge < -0.3 is 28.6 Å². The van der Waals surface area contributed by atoms with E-state index in [0.29, 0.717) is 41.6 Å². The van der Waals surface area contributed by atoms with E-state index in [2.05, 4.69) is 77.7 Å². The Morgan fingerprint density at radius 1 is 0.722 bits per heavy atom. The Kier molecular flexibility index (Phi) is 22.3. The van der Waals surface area contributed by atoms with Crippen LogP contribution in [-0.4, -0.2) is 111 Å². The molecule has 0 radical (unpaired) electrons. The topological polar surface area (TPSA) is 115 Å². The van der Waals surface area contributed by atoms with E-state index in [9.17, 15) is 9.59 Å². The van der Waals surface area contributed by atoms with Gasteiger partial charge in [0.15, 0.2) is 11.6 Å². The van der Waals surface area contributed by atoms with E-state index < -0.39 is 0 Å². The Morgan fingerprint density at radius 2 is 1.20 bits per heavy atom. The number of aryl methyl sites for hydroxylation is 1. The molecule has 0 saturated carbocycles. The number of carbonyl (C=O) groups is 2.